The number of rotatable bonds is 3. The summed E-state index contributed by atoms with van der Waals surface area (Å²) in [6.45, 7) is 2.28. The molecule has 0 aliphatic heterocycles. The Labute approximate surface area is 84.8 Å². The Kier molecular flexibility index (Phi) is 2.36. The summed E-state index contributed by atoms with van der Waals surface area (Å²) in [5.74, 6) is 3.21. The molecule has 0 saturated heterocycles. The normalized spacial score (nSPS) is 24.5. The Morgan fingerprint density at radius 2 is 1.79 bits per heavy atom. The molecule has 1 fully saturated rings. The van der Waals surface area contributed by atoms with Gasteiger partial charge < -0.3 is 9.47 Å². The second-order valence-corrected chi connectivity index (χ2v) is 3.93. The van der Waals surface area contributed by atoms with Crippen molar-refractivity contribution >= 4 is 0 Å². The molecule has 76 valence electrons. The summed E-state index contributed by atoms with van der Waals surface area (Å²) >= 11 is 0. The second-order valence-electron chi connectivity index (χ2n) is 3.93. The van der Waals surface area contributed by atoms with Crippen LogP contribution < -0.4 is 9.47 Å². The first-order valence-electron chi connectivity index (χ1n) is 4.98. The van der Waals surface area contributed by atoms with Gasteiger partial charge >= 0.3 is 0 Å². The Morgan fingerprint density at radius 1 is 1.14 bits per heavy atom. The molecule has 14 heavy (non-hydrogen) atoms. The van der Waals surface area contributed by atoms with Gasteiger partial charge in [-0.1, -0.05) is 13.0 Å². The molecule has 2 atom stereocenters. The van der Waals surface area contributed by atoms with Crippen molar-refractivity contribution in [1.29, 1.82) is 0 Å². The van der Waals surface area contributed by atoms with Gasteiger partial charge in [0.1, 0.15) is 0 Å². The van der Waals surface area contributed by atoms with Gasteiger partial charge in [0.2, 0.25) is 0 Å². The zero-order valence-electron chi connectivity index (χ0n) is 8.91. The topological polar surface area (TPSA) is 18.5 Å². The largest absolute Gasteiger partial charge is 0.493 e. The van der Waals surface area contributed by atoms with E-state index in [0.29, 0.717) is 0 Å². The molecule has 2 nitrogen and oxygen atoms in total. The monoisotopic (exact) mass is 192 g/mol. The molecule has 0 bridgehead atoms. The third kappa shape index (κ3) is 1.57. The minimum atomic E-state index is 0.731. The van der Waals surface area contributed by atoms with E-state index in [1.54, 1.807) is 14.2 Å². The SMILES string of the molecule is COc1ccc(C2CC2C)cc1OC. The van der Waals surface area contributed by atoms with Crippen LogP contribution in [0.25, 0.3) is 0 Å². The predicted molar refractivity (Wildman–Crippen MR) is 56.1 cm³/mol. The van der Waals surface area contributed by atoms with Gasteiger partial charge in [0.05, 0.1) is 14.2 Å². The standard InChI is InChI=1S/C12H16O2/c1-8-6-10(8)9-4-5-11(13-2)12(7-9)14-3/h4-5,7-8,10H,6H2,1-3H3. The molecule has 2 unspecified atom stereocenters. The van der Waals surface area contributed by atoms with E-state index < -0.39 is 0 Å². The van der Waals surface area contributed by atoms with E-state index in [9.17, 15) is 0 Å². The molecule has 0 heterocycles. The van der Waals surface area contributed by atoms with Crippen LogP contribution in [0.5, 0.6) is 11.5 Å². The lowest BCUT2D eigenvalue weighted by atomic mass is 10.1. The number of hydrogen-bond donors (Lipinski definition) is 0. The van der Waals surface area contributed by atoms with Crippen LogP contribution in [0.4, 0.5) is 0 Å². The second kappa shape index (κ2) is 3.52. The first-order chi connectivity index (χ1) is 6.76. The fraction of sp³-hybridized carbons (Fsp3) is 0.500. The van der Waals surface area contributed by atoms with Gasteiger partial charge in [0.25, 0.3) is 0 Å². The lowest BCUT2D eigenvalue weighted by Crippen LogP contribution is -1.92. The minimum Gasteiger partial charge on any atom is -0.493 e. The summed E-state index contributed by atoms with van der Waals surface area (Å²) in [4.78, 5) is 0. The highest BCUT2D eigenvalue weighted by molar-refractivity contribution is 5.45. The molecule has 2 rings (SSSR count). The third-order valence-corrected chi connectivity index (χ3v) is 2.95. The molecule has 1 aliphatic rings. The molecule has 1 aromatic rings. The minimum absolute atomic E-state index is 0.731. The van der Waals surface area contributed by atoms with Crippen LogP contribution in [-0.4, -0.2) is 14.2 Å². The summed E-state index contributed by atoms with van der Waals surface area (Å²) in [6, 6.07) is 6.21. The molecule has 0 aromatic heterocycles. The van der Waals surface area contributed by atoms with Crippen molar-refractivity contribution in [1.82, 2.24) is 0 Å². The van der Waals surface area contributed by atoms with Gasteiger partial charge in [-0.25, -0.2) is 0 Å². The molecule has 2 heteroatoms. The average molecular weight is 192 g/mol. The molecule has 1 saturated carbocycles. The van der Waals surface area contributed by atoms with E-state index in [1.165, 1.54) is 12.0 Å². The summed E-state index contributed by atoms with van der Waals surface area (Å²) < 4.78 is 10.5. The highest BCUT2D eigenvalue weighted by atomic mass is 16.5. The van der Waals surface area contributed by atoms with Crippen LogP contribution in [0.15, 0.2) is 18.2 Å². The van der Waals surface area contributed by atoms with Gasteiger partial charge in [-0.05, 0) is 36.0 Å². The van der Waals surface area contributed by atoms with Gasteiger partial charge in [-0.3, -0.25) is 0 Å². The average Bonchev–Trinajstić information content (AvgIpc) is 2.94. The molecule has 0 radical (unpaired) electrons. The number of hydrogen-bond acceptors (Lipinski definition) is 2. The fourth-order valence-electron chi connectivity index (χ4n) is 1.87. The van der Waals surface area contributed by atoms with E-state index >= 15 is 0 Å². The number of ether oxygens (including phenoxy) is 2. The van der Waals surface area contributed by atoms with Crippen LogP contribution >= 0.6 is 0 Å². The lowest BCUT2D eigenvalue weighted by molar-refractivity contribution is 0.354. The third-order valence-electron chi connectivity index (χ3n) is 2.95. The van der Waals surface area contributed by atoms with E-state index in [-0.39, 0.29) is 0 Å². The van der Waals surface area contributed by atoms with Crippen molar-refractivity contribution in [2.45, 2.75) is 19.3 Å². The van der Waals surface area contributed by atoms with Crippen molar-refractivity contribution in [2.24, 2.45) is 5.92 Å². The summed E-state index contributed by atoms with van der Waals surface area (Å²) in [7, 11) is 3.34. The lowest BCUT2D eigenvalue weighted by Gasteiger charge is -2.08. The van der Waals surface area contributed by atoms with Crippen molar-refractivity contribution < 1.29 is 9.47 Å². The highest BCUT2D eigenvalue weighted by Gasteiger charge is 2.34. The van der Waals surface area contributed by atoms with Crippen molar-refractivity contribution in [3.8, 4) is 11.5 Å². The van der Waals surface area contributed by atoms with E-state index in [0.717, 1.165) is 23.3 Å². The van der Waals surface area contributed by atoms with Crippen molar-refractivity contribution in [3.05, 3.63) is 23.8 Å². The molecular formula is C12H16O2. The number of methoxy groups -OCH3 is 2. The van der Waals surface area contributed by atoms with Gasteiger partial charge in [-0.2, -0.15) is 0 Å². The first kappa shape index (κ1) is 9.38. The van der Waals surface area contributed by atoms with E-state index in [1.807, 2.05) is 6.07 Å². The van der Waals surface area contributed by atoms with Crippen LogP contribution in [-0.2, 0) is 0 Å². The van der Waals surface area contributed by atoms with Crippen LogP contribution in [0, 0.1) is 5.92 Å². The maximum Gasteiger partial charge on any atom is 0.160 e. The zero-order valence-corrected chi connectivity index (χ0v) is 8.91. The Morgan fingerprint density at radius 3 is 2.29 bits per heavy atom. The quantitative estimate of drug-likeness (QED) is 0.733. The van der Waals surface area contributed by atoms with Crippen LogP contribution in [0.1, 0.15) is 24.8 Å². The van der Waals surface area contributed by atoms with Gasteiger partial charge in [0.15, 0.2) is 11.5 Å². The highest BCUT2D eigenvalue weighted by Crippen LogP contribution is 2.48. The van der Waals surface area contributed by atoms with E-state index in [2.05, 4.69) is 19.1 Å². The summed E-state index contributed by atoms with van der Waals surface area (Å²) in [5, 5.41) is 0. The fourth-order valence-corrected chi connectivity index (χ4v) is 1.87. The van der Waals surface area contributed by atoms with Gasteiger partial charge in [-0.15, -0.1) is 0 Å². The molecule has 1 aliphatic carbocycles. The van der Waals surface area contributed by atoms with Crippen LogP contribution in [0.3, 0.4) is 0 Å². The van der Waals surface area contributed by atoms with Crippen LogP contribution in [0.2, 0.25) is 0 Å². The molecule has 1 aromatic carbocycles. The number of benzene rings is 1. The molecule has 0 amide bonds. The van der Waals surface area contributed by atoms with Gasteiger partial charge in [0, 0.05) is 0 Å². The molecule has 0 N–H and O–H groups in total. The zero-order chi connectivity index (χ0) is 10.1. The smallest absolute Gasteiger partial charge is 0.160 e. The summed E-state index contributed by atoms with van der Waals surface area (Å²) in [6.07, 6.45) is 1.30. The predicted octanol–water partition coefficient (Wildman–Crippen LogP) is 2.83. The molecule has 0 spiro atoms. The Bertz CT molecular complexity index is 333. The Balaban J connectivity index is 2.27. The van der Waals surface area contributed by atoms with Crippen molar-refractivity contribution in [3.63, 3.8) is 0 Å². The summed E-state index contributed by atoms with van der Waals surface area (Å²) in [5.41, 5.74) is 1.37. The molecular weight excluding hydrogens is 176 g/mol. The van der Waals surface area contributed by atoms with E-state index in [4.69, 9.17) is 9.47 Å². The maximum atomic E-state index is 5.27. The maximum absolute atomic E-state index is 5.27. The first-order valence-corrected chi connectivity index (χ1v) is 4.98. The Hall–Kier alpha value is -1.18. The van der Waals surface area contributed by atoms with Crippen molar-refractivity contribution in [2.75, 3.05) is 14.2 Å².